The average molecular weight is 382 g/mol. The van der Waals surface area contributed by atoms with Gasteiger partial charge in [-0.25, -0.2) is 4.39 Å². The lowest BCUT2D eigenvalue weighted by atomic mass is 10.2. The number of halogens is 2. The van der Waals surface area contributed by atoms with Crippen LogP contribution in [0.25, 0.3) is 0 Å². The largest absolute Gasteiger partial charge is 0.480 e. The summed E-state index contributed by atoms with van der Waals surface area (Å²) in [5.74, 6) is -2.15. The minimum Gasteiger partial charge on any atom is -0.480 e. The Balaban J connectivity index is 2.12. The lowest BCUT2D eigenvalue weighted by Crippen LogP contribution is -2.38. The minimum absolute atomic E-state index is 0.0127. The fourth-order valence-corrected chi connectivity index (χ4v) is 1.96. The Hall–Kier alpha value is -2.41. The van der Waals surface area contributed by atoms with Crippen molar-refractivity contribution < 1.29 is 23.8 Å². The second-order valence-electron chi connectivity index (χ2n) is 4.73. The van der Waals surface area contributed by atoms with Crippen LogP contribution in [0.5, 0.6) is 11.5 Å². The number of carboxylic acids is 1. The van der Waals surface area contributed by atoms with E-state index in [1.54, 1.807) is 24.3 Å². The molecule has 0 radical (unpaired) electrons. The molecule has 2 aromatic rings. The summed E-state index contributed by atoms with van der Waals surface area (Å²) in [6.45, 7) is 1.32. The fourth-order valence-electron chi connectivity index (χ4n) is 1.70. The quantitative estimate of drug-likeness (QED) is 0.829. The van der Waals surface area contributed by atoms with Crippen molar-refractivity contribution in [2.75, 3.05) is 0 Å². The Bertz CT molecular complexity index is 733. The standard InChI is InChI=1S/C16H13BrFNO4/c1-9(16(21)22)19-15(20)10-2-7-14(13(18)8-10)23-12-5-3-11(17)4-6-12/h2-9H,1H3,(H,19,20)(H,21,22)/t9-/m0/s1. The van der Waals surface area contributed by atoms with Gasteiger partial charge in [0.15, 0.2) is 11.6 Å². The Kier molecular flexibility index (Phi) is 5.33. The number of carbonyl (C=O) groups is 2. The molecule has 0 heterocycles. The van der Waals surface area contributed by atoms with E-state index in [2.05, 4.69) is 21.2 Å². The van der Waals surface area contributed by atoms with Crippen LogP contribution < -0.4 is 10.1 Å². The van der Waals surface area contributed by atoms with Crippen molar-refractivity contribution >= 4 is 27.8 Å². The van der Waals surface area contributed by atoms with Crippen LogP contribution in [-0.2, 0) is 4.79 Å². The highest BCUT2D eigenvalue weighted by atomic mass is 79.9. The second-order valence-corrected chi connectivity index (χ2v) is 5.65. The number of amides is 1. The number of carbonyl (C=O) groups excluding carboxylic acids is 1. The van der Waals surface area contributed by atoms with E-state index in [9.17, 15) is 14.0 Å². The molecule has 120 valence electrons. The van der Waals surface area contributed by atoms with Gasteiger partial charge < -0.3 is 15.2 Å². The number of hydrogen-bond donors (Lipinski definition) is 2. The van der Waals surface area contributed by atoms with E-state index in [4.69, 9.17) is 9.84 Å². The molecule has 0 saturated heterocycles. The predicted octanol–water partition coefficient (Wildman–Crippen LogP) is 3.58. The minimum atomic E-state index is -1.17. The highest BCUT2D eigenvalue weighted by molar-refractivity contribution is 9.10. The van der Waals surface area contributed by atoms with E-state index in [1.807, 2.05) is 0 Å². The molecule has 23 heavy (non-hydrogen) atoms. The third-order valence-electron chi connectivity index (χ3n) is 2.95. The number of aliphatic carboxylic acids is 1. The van der Waals surface area contributed by atoms with Gasteiger partial charge in [-0.3, -0.25) is 9.59 Å². The molecule has 1 atom stereocenters. The van der Waals surface area contributed by atoms with Crippen molar-refractivity contribution in [1.29, 1.82) is 0 Å². The van der Waals surface area contributed by atoms with Crippen LogP contribution in [0.1, 0.15) is 17.3 Å². The molecule has 5 nitrogen and oxygen atoms in total. The summed E-state index contributed by atoms with van der Waals surface area (Å²) in [6.07, 6.45) is 0. The molecule has 0 aromatic heterocycles. The van der Waals surface area contributed by atoms with E-state index in [0.29, 0.717) is 5.75 Å². The van der Waals surface area contributed by atoms with E-state index in [0.717, 1.165) is 10.5 Å². The zero-order valence-electron chi connectivity index (χ0n) is 12.0. The van der Waals surface area contributed by atoms with Crippen LogP contribution in [0.2, 0.25) is 0 Å². The van der Waals surface area contributed by atoms with Gasteiger partial charge in [-0.15, -0.1) is 0 Å². The van der Waals surface area contributed by atoms with Crippen molar-refractivity contribution in [1.82, 2.24) is 5.32 Å². The summed E-state index contributed by atoms with van der Waals surface area (Å²) >= 11 is 3.28. The average Bonchev–Trinajstić information content (AvgIpc) is 2.51. The van der Waals surface area contributed by atoms with Gasteiger partial charge in [0.2, 0.25) is 0 Å². The Morgan fingerprint density at radius 1 is 1.22 bits per heavy atom. The van der Waals surface area contributed by atoms with E-state index in [-0.39, 0.29) is 11.3 Å². The first-order valence-corrected chi connectivity index (χ1v) is 7.43. The highest BCUT2D eigenvalue weighted by Gasteiger charge is 2.17. The molecule has 2 aromatic carbocycles. The molecule has 0 aliphatic carbocycles. The number of carboxylic acid groups (broad SMARTS) is 1. The maximum atomic E-state index is 14.0. The first-order valence-electron chi connectivity index (χ1n) is 6.63. The Morgan fingerprint density at radius 2 is 1.87 bits per heavy atom. The maximum Gasteiger partial charge on any atom is 0.325 e. The number of ether oxygens (including phenoxy) is 1. The van der Waals surface area contributed by atoms with Gasteiger partial charge in [0.1, 0.15) is 11.8 Å². The lowest BCUT2D eigenvalue weighted by Gasteiger charge is -2.11. The molecular weight excluding hydrogens is 369 g/mol. The Morgan fingerprint density at radius 3 is 2.43 bits per heavy atom. The van der Waals surface area contributed by atoms with Crippen molar-refractivity contribution in [3.05, 3.63) is 58.3 Å². The first-order chi connectivity index (χ1) is 10.9. The van der Waals surface area contributed by atoms with Gasteiger partial charge in [-0.1, -0.05) is 15.9 Å². The topological polar surface area (TPSA) is 75.6 Å². The molecule has 0 bridgehead atoms. The van der Waals surface area contributed by atoms with Crippen molar-refractivity contribution in [2.24, 2.45) is 0 Å². The number of rotatable bonds is 5. The van der Waals surface area contributed by atoms with E-state index >= 15 is 0 Å². The molecule has 0 aliphatic rings. The van der Waals surface area contributed by atoms with E-state index < -0.39 is 23.7 Å². The number of nitrogens with one attached hydrogen (secondary N) is 1. The molecule has 0 spiro atoms. The zero-order chi connectivity index (χ0) is 17.0. The molecule has 2 rings (SSSR count). The smallest absolute Gasteiger partial charge is 0.325 e. The maximum absolute atomic E-state index is 14.0. The summed E-state index contributed by atoms with van der Waals surface area (Å²) in [4.78, 5) is 22.5. The normalized spacial score (nSPS) is 11.6. The molecule has 0 unspecified atom stereocenters. The van der Waals surface area contributed by atoms with E-state index in [1.165, 1.54) is 19.1 Å². The molecule has 0 fully saturated rings. The van der Waals surface area contributed by atoms with Gasteiger partial charge in [-0.2, -0.15) is 0 Å². The van der Waals surface area contributed by atoms with Crippen molar-refractivity contribution in [3.8, 4) is 11.5 Å². The predicted molar refractivity (Wildman–Crippen MR) is 85.2 cm³/mol. The van der Waals surface area contributed by atoms with Crippen LogP contribution in [0, 0.1) is 5.82 Å². The van der Waals surface area contributed by atoms with Gasteiger partial charge in [0, 0.05) is 10.0 Å². The van der Waals surface area contributed by atoms with Crippen LogP contribution in [0.15, 0.2) is 46.9 Å². The third kappa shape index (κ3) is 4.53. The van der Waals surface area contributed by atoms with Gasteiger partial charge in [0.05, 0.1) is 0 Å². The van der Waals surface area contributed by atoms with Crippen molar-refractivity contribution in [2.45, 2.75) is 13.0 Å². The van der Waals surface area contributed by atoms with Crippen LogP contribution in [0.4, 0.5) is 4.39 Å². The summed E-state index contributed by atoms with van der Waals surface area (Å²) in [5.41, 5.74) is 0.0127. The SMILES string of the molecule is C[C@H](NC(=O)c1ccc(Oc2ccc(Br)cc2)c(F)c1)C(=O)O. The summed E-state index contributed by atoms with van der Waals surface area (Å²) in [6, 6.07) is 9.45. The highest BCUT2D eigenvalue weighted by Crippen LogP contribution is 2.26. The zero-order valence-corrected chi connectivity index (χ0v) is 13.6. The van der Waals surface area contributed by atoms with Crippen molar-refractivity contribution in [3.63, 3.8) is 0 Å². The second kappa shape index (κ2) is 7.23. The van der Waals surface area contributed by atoms with Gasteiger partial charge >= 0.3 is 5.97 Å². The van der Waals surface area contributed by atoms with Crippen LogP contribution in [0.3, 0.4) is 0 Å². The summed E-state index contributed by atoms with van der Waals surface area (Å²) < 4.78 is 20.3. The van der Waals surface area contributed by atoms with Gasteiger partial charge in [0.25, 0.3) is 5.91 Å². The monoisotopic (exact) mass is 381 g/mol. The lowest BCUT2D eigenvalue weighted by molar-refractivity contribution is -0.138. The molecule has 1 amide bonds. The molecule has 2 N–H and O–H groups in total. The third-order valence-corrected chi connectivity index (χ3v) is 3.48. The summed E-state index contributed by atoms with van der Waals surface area (Å²) in [5, 5.41) is 11.0. The molecule has 0 saturated carbocycles. The Labute approximate surface area is 140 Å². The first kappa shape index (κ1) is 17.0. The fraction of sp³-hybridized carbons (Fsp3) is 0.125. The number of benzene rings is 2. The van der Waals surface area contributed by atoms with Crippen LogP contribution in [-0.4, -0.2) is 23.0 Å². The molecule has 7 heteroatoms. The van der Waals surface area contributed by atoms with Crippen LogP contribution >= 0.6 is 15.9 Å². The number of hydrogen-bond acceptors (Lipinski definition) is 3. The molecular formula is C16H13BrFNO4. The molecule has 0 aliphatic heterocycles. The van der Waals surface area contributed by atoms with Gasteiger partial charge in [-0.05, 0) is 49.4 Å². The summed E-state index contributed by atoms with van der Waals surface area (Å²) in [7, 11) is 0.